The van der Waals surface area contributed by atoms with Crippen LogP contribution in [0.4, 0.5) is 0 Å². The molecule has 1 N–H and O–H groups in total. The summed E-state index contributed by atoms with van der Waals surface area (Å²) in [6, 6.07) is 13.5. The summed E-state index contributed by atoms with van der Waals surface area (Å²) in [6.07, 6.45) is 1.59. The van der Waals surface area contributed by atoms with Crippen molar-refractivity contribution in [3.8, 4) is 11.3 Å². The van der Waals surface area contributed by atoms with Crippen LogP contribution in [0, 0.1) is 0 Å². The largest absolute Gasteiger partial charge is 0.383 e. The van der Waals surface area contributed by atoms with Gasteiger partial charge < -0.3 is 10.1 Å². The Morgan fingerprint density at radius 2 is 2.00 bits per heavy atom. The average Bonchev–Trinajstić information content (AvgIpc) is 2.48. The van der Waals surface area contributed by atoms with Gasteiger partial charge in [0.25, 0.3) is 5.91 Å². The first-order chi connectivity index (χ1) is 9.31. The molecule has 0 aliphatic carbocycles. The van der Waals surface area contributed by atoms with Crippen LogP contribution < -0.4 is 5.32 Å². The van der Waals surface area contributed by atoms with Crippen molar-refractivity contribution in [3.63, 3.8) is 0 Å². The molecule has 2 aromatic rings. The third-order valence-electron chi connectivity index (χ3n) is 2.69. The summed E-state index contributed by atoms with van der Waals surface area (Å²) in [7, 11) is 1.60. The summed E-state index contributed by atoms with van der Waals surface area (Å²) in [4.78, 5) is 16.1. The van der Waals surface area contributed by atoms with Crippen LogP contribution in [-0.4, -0.2) is 31.2 Å². The number of carbonyl (C=O) groups excluding carboxylic acids is 1. The van der Waals surface area contributed by atoms with Gasteiger partial charge in [0.2, 0.25) is 0 Å². The minimum atomic E-state index is -0.135. The highest BCUT2D eigenvalue weighted by molar-refractivity contribution is 5.94. The molecule has 0 unspecified atom stereocenters. The molecule has 19 heavy (non-hydrogen) atoms. The van der Waals surface area contributed by atoms with Crippen LogP contribution in [0.3, 0.4) is 0 Å². The van der Waals surface area contributed by atoms with Crippen LogP contribution in [0.1, 0.15) is 10.4 Å². The predicted molar refractivity (Wildman–Crippen MR) is 73.9 cm³/mol. The highest BCUT2D eigenvalue weighted by Crippen LogP contribution is 2.15. The number of hydrogen-bond donors (Lipinski definition) is 1. The van der Waals surface area contributed by atoms with Crippen LogP contribution in [-0.2, 0) is 4.74 Å². The molecule has 1 amide bonds. The van der Waals surface area contributed by atoms with Crippen molar-refractivity contribution in [1.29, 1.82) is 0 Å². The number of nitrogens with zero attached hydrogens (tertiary/aromatic N) is 1. The van der Waals surface area contributed by atoms with E-state index in [1.54, 1.807) is 19.4 Å². The number of hydrogen-bond acceptors (Lipinski definition) is 3. The van der Waals surface area contributed by atoms with E-state index >= 15 is 0 Å². The number of ether oxygens (including phenoxy) is 1. The van der Waals surface area contributed by atoms with Gasteiger partial charge in [0.15, 0.2) is 0 Å². The lowest BCUT2D eigenvalue weighted by Gasteiger charge is -2.05. The van der Waals surface area contributed by atoms with Gasteiger partial charge in [0.05, 0.1) is 17.9 Å². The molecule has 0 spiro atoms. The lowest BCUT2D eigenvalue weighted by Crippen LogP contribution is -2.26. The van der Waals surface area contributed by atoms with E-state index in [-0.39, 0.29) is 5.91 Å². The zero-order valence-corrected chi connectivity index (χ0v) is 10.8. The second-order valence-electron chi connectivity index (χ2n) is 4.05. The van der Waals surface area contributed by atoms with Crippen molar-refractivity contribution >= 4 is 5.91 Å². The van der Waals surface area contributed by atoms with E-state index < -0.39 is 0 Å². The minimum Gasteiger partial charge on any atom is -0.383 e. The molecule has 0 saturated heterocycles. The van der Waals surface area contributed by atoms with Crippen LogP contribution >= 0.6 is 0 Å². The zero-order valence-electron chi connectivity index (χ0n) is 10.8. The Morgan fingerprint density at radius 3 is 2.63 bits per heavy atom. The molecule has 0 aliphatic heterocycles. The molecule has 1 heterocycles. The maximum atomic E-state index is 11.8. The summed E-state index contributed by atoms with van der Waals surface area (Å²) in [6.45, 7) is 0.997. The fourth-order valence-corrected chi connectivity index (χ4v) is 1.68. The van der Waals surface area contributed by atoms with E-state index in [0.717, 1.165) is 11.3 Å². The third kappa shape index (κ3) is 3.63. The molecular formula is C15H16N2O2. The van der Waals surface area contributed by atoms with Crippen LogP contribution in [0.25, 0.3) is 11.3 Å². The number of rotatable bonds is 5. The first-order valence-electron chi connectivity index (χ1n) is 6.10. The summed E-state index contributed by atoms with van der Waals surface area (Å²) >= 11 is 0. The monoisotopic (exact) mass is 256 g/mol. The first-order valence-corrected chi connectivity index (χ1v) is 6.10. The zero-order chi connectivity index (χ0) is 13.5. The Labute approximate surface area is 112 Å². The Morgan fingerprint density at radius 1 is 1.21 bits per heavy atom. The predicted octanol–water partition coefficient (Wildman–Crippen LogP) is 2.12. The molecule has 98 valence electrons. The van der Waals surface area contributed by atoms with E-state index in [9.17, 15) is 4.79 Å². The van der Waals surface area contributed by atoms with Gasteiger partial charge in [-0.2, -0.15) is 0 Å². The molecule has 0 saturated carbocycles. The van der Waals surface area contributed by atoms with Gasteiger partial charge in [-0.1, -0.05) is 30.3 Å². The van der Waals surface area contributed by atoms with Crippen LogP contribution in [0.2, 0.25) is 0 Å². The summed E-state index contributed by atoms with van der Waals surface area (Å²) < 4.78 is 4.87. The lowest BCUT2D eigenvalue weighted by atomic mass is 10.1. The number of amides is 1. The molecule has 0 fully saturated rings. The standard InChI is InChI=1S/C15H16N2O2/c1-19-10-9-16-15(18)13-7-8-14(17-11-13)12-5-3-2-4-6-12/h2-8,11H,9-10H2,1H3,(H,16,18). The number of carbonyl (C=O) groups is 1. The Balaban J connectivity index is 2.04. The quantitative estimate of drug-likeness (QED) is 0.834. The normalized spacial score (nSPS) is 10.2. The third-order valence-corrected chi connectivity index (χ3v) is 2.69. The minimum absolute atomic E-state index is 0.135. The summed E-state index contributed by atoms with van der Waals surface area (Å²) in [5, 5.41) is 2.76. The molecule has 1 aromatic carbocycles. The molecule has 0 atom stereocenters. The van der Waals surface area contributed by atoms with Gasteiger partial charge in [-0.3, -0.25) is 9.78 Å². The SMILES string of the molecule is COCCNC(=O)c1ccc(-c2ccccc2)nc1. The molecule has 1 aromatic heterocycles. The molecule has 0 bridgehead atoms. The summed E-state index contributed by atoms with van der Waals surface area (Å²) in [5.41, 5.74) is 2.44. The van der Waals surface area contributed by atoms with Gasteiger partial charge in [0, 0.05) is 25.4 Å². The van der Waals surface area contributed by atoms with Gasteiger partial charge in [-0.25, -0.2) is 0 Å². The van der Waals surface area contributed by atoms with Crippen molar-refractivity contribution in [2.24, 2.45) is 0 Å². The van der Waals surface area contributed by atoms with Crippen LogP contribution in [0.5, 0.6) is 0 Å². The van der Waals surface area contributed by atoms with Crippen molar-refractivity contribution in [1.82, 2.24) is 10.3 Å². The molecular weight excluding hydrogens is 240 g/mol. The van der Waals surface area contributed by atoms with Gasteiger partial charge in [-0.05, 0) is 12.1 Å². The van der Waals surface area contributed by atoms with E-state index in [1.165, 1.54) is 0 Å². The van der Waals surface area contributed by atoms with Gasteiger partial charge >= 0.3 is 0 Å². The second kappa shape index (κ2) is 6.66. The number of pyridine rings is 1. The molecule has 2 rings (SSSR count). The Kier molecular flexibility index (Phi) is 4.64. The van der Waals surface area contributed by atoms with E-state index in [2.05, 4.69) is 10.3 Å². The highest BCUT2D eigenvalue weighted by Gasteiger charge is 2.05. The van der Waals surface area contributed by atoms with Crippen molar-refractivity contribution in [2.45, 2.75) is 0 Å². The number of nitrogens with one attached hydrogen (secondary N) is 1. The van der Waals surface area contributed by atoms with Crippen molar-refractivity contribution in [2.75, 3.05) is 20.3 Å². The van der Waals surface area contributed by atoms with Gasteiger partial charge in [-0.15, -0.1) is 0 Å². The fourth-order valence-electron chi connectivity index (χ4n) is 1.68. The first kappa shape index (κ1) is 13.2. The smallest absolute Gasteiger partial charge is 0.252 e. The van der Waals surface area contributed by atoms with E-state index in [1.807, 2.05) is 36.4 Å². The second-order valence-corrected chi connectivity index (χ2v) is 4.05. The van der Waals surface area contributed by atoms with Gasteiger partial charge in [0.1, 0.15) is 0 Å². The Hall–Kier alpha value is -2.20. The Bertz CT molecular complexity index is 524. The molecule has 4 nitrogen and oxygen atoms in total. The molecule has 0 radical (unpaired) electrons. The molecule has 4 heteroatoms. The average molecular weight is 256 g/mol. The highest BCUT2D eigenvalue weighted by atomic mass is 16.5. The number of benzene rings is 1. The van der Waals surface area contributed by atoms with Crippen LogP contribution in [0.15, 0.2) is 48.7 Å². The van der Waals surface area contributed by atoms with E-state index in [4.69, 9.17) is 4.74 Å². The summed E-state index contributed by atoms with van der Waals surface area (Å²) in [5.74, 6) is -0.135. The van der Waals surface area contributed by atoms with Crippen molar-refractivity contribution < 1.29 is 9.53 Å². The number of aromatic nitrogens is 1. The van der Waals surface area contributed by atoms with E-state index in [0.29, 0.717) is 18.7 Å². The lowest BCUT2D eigenvalue weighted by molar-refractivity contribution is 0.0937. The fraction of sp³-hybridized carbons (Fsp3) is 0.200. The maximum absolute atomic E-state index is 11.8. The maximum Gasteiger partial charge on any atom is 0.252 e. The van der Waals surface area contributed by atoms with Crippen molar-refractivity contribution in [3.05, 3.63) is 54.2 Å². The molecule has 0 aliphatic rings. The topological polar surface area (TPSA) is 51.2 Å². The number of methoxy groups -OCH3 is 1.